The van der Waals surface area contributed by atoms with Crippen molar-refractivity contribution in [3.05, 3.63) is 27.6 Å². The van der Waals surface area contributed by atoms with Crippen molar-refractivity contribution in [2.24, 2.45) is 0 Å². The minimum absolute atomic E-state index is 0.117. The van der Waals surface area contributed by atoms with Crippen LogP contribution in [0.25, 0.3) is 6.08 Å². The van der Waals surface area contributed by atoms with Crippen LogP contribution in [0.3, 0.4) is 0 Å². The van der Waals surface area contributed by atoms with E-state index in [-0.39, 0.29) is 33.7 Å². The van der Waals surface area contributed by atoms with Crippen LogP contribution in [0.4, 0.5) is 4.79 Å². The molecule has 1 fully saturated rings. The Morgan fingerprint density at radius 1 is 1.45 bits per heavy atom. The molecule has 1 aromatic carbocycles. The number of hydrogen-bond acceptors (Lipinski definition) is 5. The van der Waals surface area contributed by atoms with Gasteiger partial charge in [-0.25, -0.2) is 0 Å². The standard InChI is InChI=1S/C15H16ClNO4S/c1-4-8(2)17-14(19)12(22-15(17)20)7-9-5-10(16)13(18)11(6-9)21-3/h5-8,18H,4H2,1-3H3/t8-/m0/s1. The lowest BCUT2D eigenvalue weighted by Gasteiger charge is -2.19. The normalized spacial score (nSPS) is 18.2. The molecular formula is C15H16ClNO4S. The molecule has 0 aromatic heterocycles. The second-order valence-electron chi connectivity index (χ2n) is 4.86. The largest absolute Gasteiger partial charge is 0.503 e. The summed E-state index contributed by atoms with van der Waals surface area (Å²) in [4.78, 5) is 25.9. The van der Waals surface area contributed by atoms with Crippen molar-refractivity contribution in [3.8, 4) is 11.5 Å². The Labute approximate surface area is 137 Å². The van der Waals surface area contributed by atoms with Crippen LogP contribution >= 0.6 is 23.4 Å². The van der Waals surface area contributed by atoms with Gasteiger partial charge in [0.2, 0.25) is 0 Å². The molecule has 0 spiro atoms. The maximum absolute atomic E-state index is 12.3. The first-order valence-corrected chi connectivity index (χ1v) is 7.92. The fourth-order valence-electron chi connectivity index (χ4n) is 2.03. The van der Waals surface area contributed by atoms with E-state index < -0.39 is 0 Å². The number of thioether (sulfide) groups is 1. The minimum Gasteiger partial charge on any atom is -0.503 e. The Kier molecular flexibility index (Phi) is 5.03. The predicted octanol–water partition coefficient (Wildman–Crippen LogP) is 3.89. The summed E-state index contributed by atoms with van der Waals surface area (Å²) in [5, 5.41) is 9.55. The molecule has 22 heavy (non-hydrogen) atoms. The summed E-state index contributed by atoms with van der Waals surface area (Å²) >= 11 is 6.82. The van der Waals surface area contributed by atoms with E-state index in [2.05, 4.69) is 0 Å². The number of aromatic hydroxyl groups is 1. The number of phenolic OH excluding ortho intramolecular Hbond substituents is 1. The van der Waals surface area contributed by atoms with Crippen LogP contribution in [0.5, 0.6) is 11.5 Å². The zero-order valence-corrected chi connectivity index (χ0v) is 14.0. The van der Waals surface area contributed by atoms with Gasteiger partial charge < -0.3 is 9.84 Å². The average molecular weight is 342 g/mol. The fourth-order valence-corrected chi connectivity index (χ4v) is 3.18. The van der Waals surface area contributed by atoms with E-state index in [0.717, 1.165) is 11.8 Å². The van der Waals surface area contributed by atoms with E-state index in [1.165, 1.54) is 18.1 Å². The quantitative estimate of drug-likeness (QED) is 0.841. The second-order valence-corrected chi connectivity index (χ2v) is 6.26. The number of carbonyl (C=O) groups excluding carboxylic acids is 2. The molecule has 1 aliphatic heterocycles. The maximum Gasteiger partial charge on any atom is 0.293 e. The van der Waals surface area contributed by atoms with Crippen LogP contribution in [0.1, 0.15) is 25.8 Å². The summed E-state index contributed by atoms with van der Waals surface area (Å²) in [6.07, 6.45) is 2.27. The highest BCUT2D eigenvalue weighted by Crippen LogP contribution is 2.38. The molecule has 1 aliphatic rings. The highest BCUT2D eigenvalue weighted by Gasteiger charge is 2.37. The lowest BCUT2D eigenvalue weighted by molar-refractivity contribution is -0.124. The molecule has 5 nitrogen and oxygen atoms in total. The van der Waals surface area contributed by atoms with Crippen molar-refractivity contribution >= 4 is 40.6 Å². The van der Waals surface area contributed by atoms with Gasteiger partial charge in [0.1, 0.15) is 0 Å². The van der Waals surface area contributed by atoms with E-state index in [0.29, 0.717) is 16.9 Å². The number of methoxy groups -OCH3 is 1. The van der Waals surface area contributed by atoms with Gasteiger partial charge in [0.15, 0.2) is 11.5 Å². The first kappa shape index (κ1) is 16.7. The molecule has 1 N–H and O–H groups in total. The van der Waals surface area contributed by atoms with Crippen LogP contribution in [0, 0.1) is 0 Å². The molecular weight excluding hydrogens is 326 g/mol. The van der Waals surface area contributed by atoms with Gasteiger partial charge in [-0.3, -0.25) is 14.5 Å². The Morgan fingerprint density at radius 3 is 2.73 bits per heavy atom. The van der Waals surface area contributed by atoms with E-state index in [1.807, 2.05) is 13.8 Å². The first-order valence-electron chi connectivity index (χ1n) is 6.72. The molecule has 7 heteroatoms. The third kappa shape index (κ3) is 3.08. The average Bonchev–Trinajstić information content (AvgIpc) is 2.76. The molecule has 0 aliphatic carbocycles. The molecule has 0 radical (unpaired) electrons. The van der Waals surface area contributed by atoms with Crippen LogP contribution in [0.15, 0.2) is 17.0 Å². The van der Waals surface area contributed by atoms with Crippen molar-refractivity contribution in [2.75, 3.05) is 7.11 Å². The van der Waals surface area contributed by atoms with Crippen molar-refractivity contribution in [3.63, 3.8) is 0 Å². The number of phenols is 1. The van der Waals surface area contributed by atoms with E-state index in [1.54, 1.807) is 12.1 Å². The molecule has 0 unspecified atom stereocenters. The Hall–Kier alpha value is -1.66. The SMILES string of the molecule is CC[C@H](C)N1C(=O)SC(=Cc2cc(Cl)c(O)c(OC)c2)C1=O. The smallest absolute Gasteiger partial charge is 0.293 e. The number of rotatable bonds is 4. The molecule has 2 rings (SSSR count). The summed E-state index contributed by atoms with van der Waals surface area (Å²) < 4.78 is 5.02. The van der Waals surface area contributed by atoms with E-state index >= 15 is 0 Å². The summed E-state index contributed by atoms with van der Waals surface area (Å²) in [6.45, 7) is 3.75. The molecule has 118 valence electrons. The highest BCUT2D eigenvalue weighted by molar-refractivity contribution is 8.18. The fraction of sp³-hybridized carbons (Fsp3) is 0.333. The van der Waals surface area contributed by atoms with Gasteiger partial charge in [0.25, 0.3) is 11.1 Å². The number of carbonyl (C=O) groups is 2. The number of halogens is 1. The lowest BCUT2D eigenvalue weighted by atomic mass is 10.1. The van der Waals surface area contributed by atoms with Crippen LogP contribution in [-0.2, 0) is 4.79 Å². The Bertz CT molecular complexity index is 659. The van der Waals surface area contributed by atoms with E-state index in [4.69, 9.17) is 16.3 Å². The number of benzene rings is 1. The van der Waals surface area contributed by atoms with Gasteiger partial charge in [-0.1, -0.05) is 18.5 Å². The third-order valence-corrected chi connectivity index (χ3v) is 4.60. The van der Waals surface area contributed by atoms with Gasteiger partial charge in [0.05, 0.1) is 17.0 Å². The summed E-state index contributed by atoms with van der Waals surface area (Å²) in [5.41, 5.74) is 0.578. The third-order valence-electron chi connectivity index (χ3n) is 3.42. The minimum atomic E-state index is -0.312. The molecule has 1 heterocycles. The van der Waals surface area contributed by atoms with Gasteiger partial charge in [-0.15, -0.1) is 0 Å². The highest BCUT2D eigenvalue weighted by atomic mass is 35.5. The molecule has 0 bridgehead atoms. The van der Waals surface area contributed by atoms with Crippen molar-refractivity contribution in [1.29, 1.82) is 0 Å². The Balaban J connectivity index is 2.37. The second kappa shape index (κ2) is 6.62. The zero-order chi connectivity index (χ0) is 16.4. The monoisotopic (exact) mass is 341 g/mol. The van der Waals surface area contributed by atoms with Crippen molar-refractivity contribution in [1.82, 2.24) is 4.90 Å². The van der Waals surface area contributed by atoms with Gasteiger partial charge in [0, 0.05) is 6.04 Å². The van der Waals surface area contributed by atoms with Crippen molar-refractivity contribution in [2.45, 2.75) is 26.3 Å². The molecule has 1 atom stereocenters. The maximum atomic E-state index is 12.3. The topological polar surface area (TPSA) is 66.8 Å². The van der Waals surface area contributed by atoms with Crippen LogP contribution in [-0.4, -0.2) is 34.3 Å². The van der Waals surface area contributed by atoms with Crippen LogP contribution < -0.4 is 4.74 Å². The number of ether oxygens (including phenoxy) is 1. The van der Waals surface area contributed by atoms with Gasteiger partial charge >= 0.3 is 0 Å². The number of nitrogens with zero attached hydrogens (tertiary/aromatic N) is 1. The van der Waals surface area contributed by atoms with Crippen LogP contribution in [0.2, 0.25) is 5.02 Å². The molecule has 1 aromatic rings. The Morgan fingerprint density at radius 2 is 2.14 bits per heavy atom. The lowest BCUT2D eigenvalue weighted by Crippen LogP contribution is -2.36. The zero-order valence-electron chi connectivity index (χ0n) is 12.4. The summed E-state index contributed by atoms with van der Waals surface area (Å²) in [7, 11) is 1.41. The van der Waals surface area contributed by atoms with Crippen molar-refractivity contribution < 1.29 is 19.4 Å². The first-order chi connectivity index (χ1) is 10.4. The summed E-state index contributed by atoms with van der Waals surface area (Å²) in [6, 6.07) is 2.92. The number of hydrogen-bond donors (Lipinski definition) is 1. The van der Waals surface area contributed by atoms with Gasteiger partial charge in [-0.2, -0.15) is 0 Å². The summed E-state index contributed by atoms with van der Waals surface area (Å²) in [5.74, 6) is -0.263. The van der Waals surface area contributed by atoms with E-state index in [9.17, 15) is 14.7 Å². The van der Waals surface area contributed by atoms with Gasteiger partial charge in [-0.05, 0) is 48.9 Å². The predicted molar refractivity (Wildman–Crippen MR) is 87.2 cm³/mol. The number of amides is 2. The molecule has 1 saturated heterocycles. The number of imide groups is 1. The molecule has 0 saturated carbocycles. The molecule has 2 amide bonds.